The monoisotopic (exact) mass is 367 g/mol. The van der Waals surface area contributed by atoms with E-state index in [0.717, 1.165) is 4.90 Å². The van der Waals surface area contributed by atoms with Crippen LogP contribution in [0.1, 0.15) is 49.6 Å². The number of non-ortho nitro benzene ring substituents is 1. The normalized spacial score (nSPS) is 14.1. The van der Waals surface area contributed by atoms with E-state index in [-0.39, 0.29) is 28.3 Å². The van der Waals surface area contributed by atoms with Gasteiger partial charge in [0.05, 0.1) is 22.1 Å². The van der Waals surface area contributed by atoms with Gasteiger partial charge in [-0.05, 0) is 30.7 Å². The van der Waals surface area contributed by atoms with Crippen molar-refractivity contribution in [3.05, 3.63) is 74.8 Å². The van der Waals surface area contributed by atoms with Gasteiger partial charge in [-0.15, -0.1) is 0 Å². The minimum absolute atomic E-state index is 0.0510. The zero-order valence-electron chi connectivity index (χ0n) is 15.0. The third kappa shape index (κ3) is 3.05. The molecule has 3 amide bonds. The lowest BCUT2D eigenvalue weighted by Gasteiger charge is -2.25. The Morgan fingerprint density at radius 1 is 1.11 bits per heavy atom. The average Bonchev–Trinajstić information content (AvgIpc) is 2.90. The molecule has 1 heterocycles. The predicted octanol–water partition coefficient (Wildman–Crippen LogP) is 2.65. The van der Waals surface area contributed by atoms with E-state index in [1.54, 1.807) is 26.1 Å². The van der Waals surface area contributed by atoms with E-state index < -0.39 is 22.8 Å². The van der Waals surface area contributed by atoms with Crippen LogP contribution in [0.5, 0.6) is 0 Å². The van der Waals surface area contributed by atoms with Crippen LogP contribution in [0.25, 0.3) is 0 Å². The molecule has 1 atom stereocenters. The van der Waals surface area contributed by atoms with E-state index in [4.69, 9.17) is 0 Å². The quantitative estimate of drug-likeness (QED) is 0.470. The van der Waals surface area contributed by atoms with E-state index in [0.29, 0.717) is 5.56 Å². The lowest BCUT2D eigenvalue weighted by molar-refractivity contribution is -0.384. The van der Waals surface area contributed by atoms with Gasteiger partial charge in [-0.1, -0.05) is 12.1 Å². The highest BCUT2D eigenvalue weighted by molar-refractivity contribution is 6.21. The van der Waals surface area contributed by atoms with Gasteiger partial charge in [0.1, 0.15) is 0 Å². The molecule has 8 nitrogen and oxygen atoms in total. The van der Waals surface area contributed by atoms with Crippen LogP contribution in [0.2, 0.25) is 0 Å². The Kier molecular flexibility index (Phi) is 4.49. The van der Waals surface area contributed by atoms with Crippen molar-refractivity contribution >= 4 is 23.4 Å². The average molecular weight is 367 g/mol. The van der Waals surface area contributed by atoms with Crippen molar-refractivity contribution < 1.29 is 19.3 Å². The van der Waals surface area contributed by atoms with Gasteiger partial charge in [0.2, 0.25) is 0 Å². The standard InChI is InChI=1S/C19H17N3O5/c1-11(12-5-4-6-14(9-12)22(26)27)20(2)17(23)13-7-8-15-16(10-13)19(25)21(3)18(15)24/h4-11H,1-3H3/t11-/m1/s1. The molecule has 0 unspecified atom stereocenters. The summed E-state index contributed by atoms with van der Waals surface area (Å²) in [5, 5.41) is 11.0. The molecule has 8 heteroatoms. The van der Waals surface area contributed by atoms with Gasteiger partial charge < -0.3 is 4.90 Å². The van der Waals surface area contributed by atoms with E-state index >= 15 is 0 Å². The summed E-state index contributed by atoms with van der Waals surface area (Å²) >= 11 is 0. The minimum Gasteiger partial charge on any atom is -0.335 e. The number of nitro benzene ring substituents is 1. The molecular weight excluding hydrogens is 350 g/mol. The summed E-state index contributed by atoms with van der Waals surface area (Å²) in [5.41, 5.74) is 1.31. The first-order valence-electron chi connectivity index (χ1n) is 8.20. The third-order valence-corrected chi connectivity index (χ3v) is 4.80. The highest BCUT2D eigenvalue weighted by Crippen LogP contribution is 2.27. The number of hydrogen-bond donors (Lipinski definition) is 0. The predicted molar refractivity (Wildman–Crippen MR) is 96.5 cm³/mol. The first kappa shape index (κ1) is 18.2. The van der Waals surface area contributed by atoms with Gasteiger partial charge in [0.25, 0.3) is 23.4 Å². The smallest absolute Gasteiger partial charge is 0.269 e. The molecule has 0 spiro atoms. The number of carbonyl (C=O) groups excluding carboxylic acids is 3. The maximum absolute atomic E-state index is 12.8. The number of benzene rings is 2. The van der Waals surface area contributed by atoms with Crippen LogP contribution >= 0.6 is 0 Å². The number of nitro groups is 1. The van der Waals surface area contributed by atoms with Crippen LogP contribution in [0.4, 0.5) is 5.69 Å². The van der Waals surface area contributed by atoms with Crippen molar-refractivity contribution in [3.63, 3.8) is 0 Å². The fourth-order valence-corrected chi connectivity index (χ4v) is 3.00. The molecule has 0 saturated heterocycles. The van der Waals surface area contributed by atoms with Crippen LogP contribution < -0.4 is 0 Å². The summed E-state index contributed by atoms with van der Waals surface area (Å²) in [6.07, 6.45) is 0. The maximum atomic E-state index is 12.8. The zero-order valence-corrected chi connectivity index (χ0v) is 15.0. The van der Waals surface area contributed by atoms with Crippen molar-refractivity contribution in [2.24, 2.45) is 0 Å². The second kappa shape index (κ2) is 6.64. The number of imide groups is 1. The van der Waals surface area contributed by atoms with Crippen molar-refractivity contribution in [1.29, 1.82) is 0 Å². The fraction of sp³-hybridized carbons (Fsp3) is 0.211. The molecule has 0 aromatic heterocycles. The van der Waals surface area contributed by atoms with Crippen molar-refractivity contribution in [1.82, 2.24) is 9.80 Å². The highest BCUT2D eigenvalue weighted by Gasteiger charge is 2.33. The molecule has 3 rings (SSSR count). The third-order valence-electron chi connectivity index (χ3n) is 4.80. The fourth-order valence-electron chi connectivity index (χ4n) is 3.00. The number of nitrogens with zero attached hydrogens (tertiary/aromatic N) is 3. The summed E-state index contributed by atoms with van der Waals surface area (Å²) in [6, 6.07) is 10.1. The SMILES string of the molecule is C[C@H](c1cccc([N+](=O)[O-])c1)N(C)C(=O)c1ccc2c(c1)C(=O)N(C)C2=O. The molecule has 2 aromatic carbocycles. The largest absolute Gasteiger partial charge is 0.335 e. The molecular formula is C19H17N3O5. The number of hydrogen-bond acceptors (Lipinski definition) is 5. The van der Waals surface area contributed by atoms with Gasteiger partial charge in [0.15, 0.2) is 0 Å². The van der Waals surface area contributed by atoms with Gasteiger partial charge >= 0.3 is 0 Å². The van der Waals surface area contributed by atoms with E-state index in [9.17, 15) is 24.5 Å². The molecule has 138 valence electrons. The van der Waals surface area contributed by atoms with Crippen molar-refractivity contribution in [3.8, 4) is 0 Å². The Morgan fingerprint density at radius 2 is 1.78 bits per heavy atom. The molecule has 0 N–H and O–H groups in total. The molecule has 2 aromatic rings. The Balaban J connectivity index is 1.88. The molecule has 27 heavy (non-hydrogen) atoms. The lowest BCUT2D eigenvalue weighted by Crippen LogP contribution is -2.29. The van der Waals surface area contributed by atoms with Crippen LogP contribution in [0.3, 0.4) is 0 Å². The zero-order chi connectivity index (χ0) is 19.9. The Morgan fingerprint density at radius 3 is 2.44 bits per heavy atom. The van der Waals surface area contributed by atoms with Gasteiger partial charge in [-0.2, -0.15) is 0 Å². The van der Waals surface area contributed by atoms with E-state index in [2.05, 4.69) is 0 Å². The van der Waals surface area contributed by atoms with E-state index in [1.165, 1.54) is 42.3 Å². The summed E-state index contributed by atoms with van der Waals surface area (Å²) < 4.78 is 0. The van der Waals surface area contributed by atoms with Gasteiger partial charge in [0, 0.05) is 31.8 Å². The van der Waals surface area contributed by atoms with Crippen LogP contribution in [0, 0.1) is 10.1 Å². The van der Waals surface area contributed by atoms with Crippen LogP contribution in [-0.4, -0.2) is 46.5 Å². The first-order valence-corrected chi connectivity index (χ1v) is 8.20. The van der Waals surface area contributed by atoms with Crippen molar-refractivity contribution in [2.45, 2.75) is 13.0 Å². The van der Waals surface area contributed by atoms with Gasteiger partial charge in [-0.25, -0.2) is 0 Å². The topological polar surface area (TPSA) is 101 Å². The van der Waals surface area contributed by atoms with Crippen LogP contribution in [-0.2, 0) is 0 Å². The summed E-state index contributed by atoms with van der Waals surface area (Å²) in [6.45, 7) is 1.76. The first-order chi connectivity index (χ1) is 12.7. The molecule has 0 aliphatic carbocycles. The van der Waals surface area contributed by atoms with Crippen LogP contribution in [0.15, 0.2) is 42.5 Å². The maximum Gasteiger partial charge on any atom is 0.269 e. The van der Waals surface area contributed by atoms with E-state index in [1.807, 2.05) is 0 Å². The molecule has 0 radical (unpaired) electrons. The van der Waals surface area contributed by atoms with Gasteiger partial charge in [-0.3, -0.25) is 29.4 Å². The van der Waals surface area contributed by atoms with Crippen molar-refractivity contribution in [2.75, 3.05) is 14.1 Å². The second-order valence-electron chi connectivity index (χ2n) is 6.37. The number of carbonyl (C=O) groups is 3. The summed E-state index contributed by atoms with van der Waals surface area (Å²) in [4.78, 5) is 49.8. The highest BCUT2D eigenvalue weighted by atomic mass is 16.6. The number of amides is 3. The Hall–Kier alpha value is -3.55. The molecule has 0 saturated carbocycles. The Labute approximate surface area is 155 Å². The lowest BCUT2D eigenvalue weighted by atomic mass is 10.0. The number of fused-ring (bicyclic) bond motifs is 1. The minimum atomic E-state index is -0.488. The molecule has 1 aliphatic heterocycles. The summed E-state index contributed by atoms with van der Waals surface area (Å²) in [7, 11) is 2.97. The Bertz CT molecular complexity index is 985. The molecule has 1 aliphatic rings. The molecule has 0 fully saturated rings. The molecule has 0 bridgehead atoms. The summed E-state index contributed by atoms with van der Waals surface area (Å²) in [5.74, 6) is -1.20. The number of rotatable bonds is 4. The second-order valence-corrected chi connectivity index (χ2v) is 6.37.